The molecule has 3 nitrogen and oxygen atoms in total. The Hall–Kier alpha value is -1.09. The third-order valence-corrected chi connectivity index (χ3v) is 1.12. The van der Waals surface area contributed by atoms with Gasteiger partial charge >= 0.3 is 0 Å². The predicted octanol–water partition coefficient (Wildman–Crippen LogP) is 0.810. The fourth-order valence-corrected chi connectivity index (χ4v) is 0.726. The Balaban J connectivity index is 2.75. The quantitative estimate of drug-likeness (QED) is 0.657. The van der Waals surface area contributed by atoms with E-state index in [1.807, 2.05) is 12.1 Å². The summed E-state index contributed by atoms with van der Waals surface area (Å²) in [6.45, 7) is 0.519. The monoisotopic (exact) mass is 138 g/mol. The van der Waals surface area contributed by atoms with Crippen molar-refractivity contribution in [3.8, 4) is 0 Å². The molecule has 0 aliphatic heterocycles. The molecule has 3 heteroatoms. The fourth-order valence-electron chi connectivity index (χ4n) is 0.726. The Labute approximate surface area is 59.8 Å². The van der Waals surface area contributed by atoms with E-state index in [2.05, 4.69) is 4.98 Å². The van der Waals surface area contributed by atoms with E-state index in [9.17, 15) is 0 Å². The van der Waals surface area contributed by atoms with Crippen LogP contribution < -0.4 is 5.73 Å². The molecule has 10 heavy (non-hydrogen) atoms. The average molecular weight is 138 g/mol. The first kappa shape index (κ1) is 7.02. The molecule has 0 bridgehead atoms. The molecule has 0 radical (unpaired) electrons. The lowest BCUT2D eigenvalue weighted by Gasteiger charge is -1.97. The van der Waals surface area contributed by atoms with Crippen molar-refractivity contribution in [3.63, 3.8) is 0 Å². The van der Waals surface area contributed by atoms with Crippen molar-refractivity contribution in [1.82, 2.24) is 4.98 Å². The standard InChI is InChI=1S/C7H10N2O/c1-10-5-6-3-2-4-7(8)9-6/h2-4H,5H2,1H3,(H2,8,9). The van der Waals surface area contributed by atoms with Crippen molar-refractivity contribution in [2.75, 3.05) is 12.8 Å². The van der Waals surface area contributed by atoms with Gasteiger partial charge in [-0.25, -0.2) is 4.98 Å². The van der Waals surface area contributed by atoms with Crippen LogP contribution in [0.4, 0.5) is 5.82 Å². The van der Waals surface area contributed by atoms with E-state index in [1.54, 1.807) is 13.2 Å². The molecule has 0 unspecified atom stereocenters. The number of nitrogens with two attached hydrogens (primary N) is 1. The van der Waals surface area contributed by atoms with E-state index in [1.165, 1.54) is 0 Å². The number of hydrogen-bond donors (Lipinski definition) is 1. The molecule has 0 aliphatic rings. The van der Waals surface area contributed by atoms with Crippen LogP contribution in [0.5, 0.6) is 0 Å². The van der Waals surface area contributed by atoms with E-state index in [0.717, 1.165) is 5.69 Å². The van der Waals surface area contributed by atoms with Gasteiger partial charge in [0.1, 0.15) is 5.82 Å². The lowest BCUT2D eigenvalue weighted by molar-refractivity contribution is 0.181. The number of pyridine rings is 1. The fraction of sp³-hybridized carbons (Fsp3) is 0.286. The highest BCUT2D eigenvalue weighted by molar-refractivity contribution is 5.28. The number of rotatable bonds is 2. The molecule has 1 heterocycles. The summed E-state index contributed by atoms with van der Waals surface area (Å²) in [6.07, 6.45) is 0. The third-order valence-electron chi connectivity index (χ3n) is 1.12. The molecule has 1 aromatic heterocycles. The lowest BCUT2D eigenvalue weighted by Crippen LogP contribution is -1.95. The van der Waals surface area contributed by atoms with Crippen LogP contribution in [0.15, 0.2) is 18.2 Å². The first-order valence-electron chi connectivity index (χ1n) is 3.03. The highest BCUT2D eigenvalue weighted by Crippen LogP contribution is 2.00. The maximum atomic E-state index is 5.42. The summed E-state index contributed by atoms with van der Waals surface area (Å²) in [7, 11) is 1.63. The van der Waals surface area contributed by atoms with E-state index >= 15 is 0 Å². The number of hydrogen-bond acceptors (Lipinski definition) is 3. The largest absolute Gasteiger partial charge is 0.384 e. The SMILES string of the molecule is COCc1cccc(N)n1. The van der Waals surface area contributed by atoms with Crippen molar-refractivity contribution in [1.29, 1.82) is 0 Å². The Bertz CT molecular complexity index is 213. The number of anilines is 1. The molecule has 0 aliphatic carbocycles. The van der Waals surface area contributed by atoms with Gasteiger partial charge in [0, 0.05) is 7.11 Å². The Morgan fingerprint density at radius 1 is 1.60 bits per heavy atom. The molecule has 0 atom stereocenters. The number of aromatic nitrogens is 1. The maximum Gasteiger partial charge on any atom is 0.123 e. The van der Waals surface area contributed by atoms with E-state index in [-0.39, 0.29) is 0 Å². The lowest BCUT2D eigenvalue weighted by atomic mass is 10.3. The molecular formula is C7H10N2O. The minimum Gasteiger partial charge on any atom is -0.384 e. The Morgan fingerprint density at radius 2 is 2.40 bits per heavy atom. The second kappa shape index (κ2) is 3.17. The molecule has 0 fully saturated rings. The summed E-state index contributed by atoms with van der Waals surface area (Å²) in [6, 6.07) is 5.48. The second-order valence-electron chi connectivity index (χ2n) is 1.99. The van der Waals surface area contributed by atoms with Gasteiger partial charge in [0.25, 0.3) is 0 Å². The third kappa shape index (κ3) is 1.70. The summed E-state index contributed by atoms with van der Waals surface area (Å²) >= 11 is 0. The van der Waals surface area contributed by atoms with Crippen LogP contribution >= 0.6 is 0 Å². The van der Waals surface area contributed by atoms with Gasteiger partial charge in [-0.1, -0.05) is 6.07 Å². The average Bonchev–Trinajstić information content (AvgIpc) is 1.88. The first-order chi connectivity index (χ1) is 4.83. The molecule has 2 N–H and O–H groups in total. The molecule has 54 valence electrons. The van der Waals surface area contributed by atoms with Gasteiger partial charge in [0.15, 0.2) is 0 Å². The Kier molecular flexibility index (Phi) is 2.23. The zero-order valence-corrected chi connectivity index (χ0v) is 5.87. The van der Waals surface area contributed by atoms with E-state index in [4.69, 9.17) is 10.5 Å². The zero-order chi connectivity index (χ0) is 7.40. The van der Waals surface area contributed by atoms with E-state index < -0.39 is 0 Å². The van der Waals surface area contributed by atoms with Crippen molar-refractivity contribution < 1.29 is 4.74 Å². The first-order valence-corrected chi connectivity index (χ1v) is 3.03. The van der Waals surface area contributed by atoms with Gasteiger partial charge in [-0.05, 0) is 12.1 Å². The van der Waals surface area contributed by atoms with Crippen LogP contribution in [-0.4, -0.2) is 12.1 Å². The highest BCUT2D eigenvalue weighted by Gasteiger charge is 1.91. The number of methoxy groups -OCH3 is 1. The Morgan fingerprint density at radius 3 is 3.00 bits per heavy atom. The van der Waals surface area contributed by atoms with Crippen LogP contribution in [0.3, 0.4) is 0 Å². The molecule has 0 spiro atoms. The van der Waals surface area contributed by atoms with E-state index in [0.29, 0.717) is 12.4 Å². The van der Waals surface area contributed by atoms with Gasteiger partial charge < -0.3 is 10.5 Å². The predicted molar refractivity (Wildman–Crippen MR) is 39.4 cm³/mol. The summed E-state index contributed by atoms with van der Waals surface area (Å²) in [4.78, 5) is 4.02. The molecular weight excluding hydrogens is 128 g/mol. The summed E-state index contributed by atoms with van der Waals surface area (Å²) in [5.41, 5.74) is 6.29. The van der Waals surface area contributed by atoms with Crippen LogP contribution in [0.1, 0.15) is 5.69 Å². The van der Waals surface area contributed by atoms with Gasteiger partial charge in [-0.2, -0.15) is 0 Å². The smallest absolute Gasteiger partial charge is 0.123 e. The second-order valence-corrected chi connectivity index (χ2v) is 1.99. The van der Waals surface area contributed by atoms with Crippen LogP contribution in [0, 0.1) is 0 Å². The minimum atomic E-state index is 0.519. The molecule has 0 amide bonds. The van der Waals surface area contributed by atoms with Gasteiger partial charge in [0.2, 0.25) is 0 Å². The van der Waals surface area contributed by atoms with Crippen molar-refractivity contribution in [2.24, 2.45) is 0 Å². The van der Waals surface area contributed by atoms with Crippen LogP contribution in [0.2, 0.25) is 0 Å². The van der Waals surface area contributed by atoms with Gasteiger partial charge in [-0.15, -0.1) is 0 Å². The number of nitrogens with zero attached hydrogens (tertiary/aromatic N) is 1. The molecule has 0 saturated heterocycles. The zero-order valence-electron chi connectivity index (χ0n) is 5.87. The topological polar surface area (TPSA) is 48.1 Å². The van der Waals surface area contributed by atoms with Gasteiger partial charge in [-0.3, -0.25) is 0 Å². The summed E-state index contributed by atoms with van der Waals surface area (Å²) in [5, 5.41) is 0. The molecule has 0 aromatic carbocycles. The molecule has 0 saturated carbocycles. The molecule has 1 aromatic rings. The normalized spacial score (nSPS) is 9.70. The van der Waals surface area contributed by atoms with Crippen LogP contribution in [-0.2, 0) is 11.3 Å². The maximum absolute atomic E-state index is 5.42. The molecule has 1 rings (SSSR count). The minimum absolute atomic E-state index is 0.519. The number of ether oxygens (including phenoxy) is 1. The van der Waals surface area contributed by atoms with Crippen molar-refractivity contribution in [3.05, 3.63) is 23.9 Å². The summed E-state index contributed by atoms with van der Waals surface area (Å²) in [5.74, 6) is 0.537. The van der Waals surface area contributed by atoms with Crippen molar-refractivity contribution >= 4 is 5.82 Å². The summed E-state index contributed by atoms with van der Waals surface area (Å²) < 4.78 is 4.86. The van der Waals surface area contributed by atoms with Gasteiger partial charge in [0.05, 0.1) is 12.3 Å². The number of nitrogen functional groups attached to an aromatic ring is 1. The highest BCUT2D eigenvalue weighted by atomic mass is 16.5. The van der Waals surface area contributed by atoms with Crippen molar-refractivity contribution in [2.45, 2.75) is 6.61 Å². The van der Waals surface area contributed by atoms with Crippen LogP contribution in [0.25, 0.3) is 0 Å².